The van der Waals surface area contributed by atoms with E-state index in [0.29, 0.717) is 38.1 Å². The number of allylic oxidation sites excluding steroid dienone is 2. The van der Waals surface area contributed by atoms with Gasteiger partial charge in [-0.05, 0) is 31.7 Å². The predicted molar refractivity (Wildman–Crippen MR) is 144 cm³/mol. The van der Waals surface area contributed by atoms with Crippen molar-refractivity contribution in [1.29, 1.82) is 0 Å². The Morgan fingerprint density at radius 2 is 1.69 bits per heavy atom. The van der Waals surface area contributed by atoms with Gasteiger partial charge >= 0.3 is 116 Å². The number of benzene rings is 1. The topological polar surface area (TPSA) is 147 Å². The number of hydrogen-bond donors (Lipinski definition) is 2. The van der Waals surface area contributed by atoms with E-state index in [1.807, 2.05) is 0 Å². The molecule has 0 bridgehead atoms. The molecular formula is C27H40N4O6Rb2. The number of carbonyl (C=O) groups excluding carboxylic acids is 5. The van der Waals surface area contributed by atoms with Crippen LogP contribution in [0.15, 0.2) is 36.0 Å². The molecule has 206 valence electrons. The Bertz CT molecular complexity index is 917. The number of unbranched alkanes of at least 4 members (excludes halogenated alkanes) is 3. The van der Waals surface area contributed by atoms with Crippen LogP contribution in [0, 0.1) is 0 Å². The van der Waals surface area contributed by atoms with E-state index in [2.05, 4.69) is 21.3 Å². The van der Waals surface area contributed by atoms with Crippen molar-refractivity contribution >= 4 is 35.5 Å². The van der Waals surface area contributed by atoms with Crippen molar-refractivity contribution in [2.45, 2.75) is 58.3 Å². The van der Waals surface area contributed by atoms with Crippen LogP contribution in [0.3, 0.4) is 0 Å². The van der Waals surface area contributed by atoms with Crippen LogP contribution in [0.5, 0.6) is 0 Å². The van der Waals surface area contributed by atoms with E-state index in [-0.39, 0.29) is 149 Å². The molecular weight excluding hydrogens is 647 g/mol. The van der Waals surface area contributed by atoms with Gasteiger partial charge in [-0.25, -0.2) is 0 Å². The SMILES string of the molecule is CN/C(C)=C\C(=O)Cc1ccc([N-]C(=O)CC(=O)[N-]CCOCCCC(=O)NCCCCCC=O)cc1.[HH].[Rb+].[Rb+]. The number of rotatable bonds is 20. The first-order valence-electron chi connectivity index (χ1n) is 12.5. The molecule has 0 saturated carbocycles. The van der Waals surface area contributed by atoms with Crippen LogP contribution in [0.1, 0.15) is 58.9 Å². The number of ketones is 1. The third kappa shape index (κ3) is 23.3. The van der Waals surface area contributed by atoms with Gasteiger partial charge in [-0.1, -0.05) is 30.7 Å². The van der Waals surface area contributed by atoms with Crippen LogP contribution in [0.25, 0.3) is 10.6 Å². The van der Waals surface area contributed by atoms with Gasteiger partial charge in [-0.15, -0.1) is 12.2 Å². The van der Waals surface area contributed by atoms with Crippen LogP contribution in [0.2, 0.25) is 0 Å². The van der Waals surface area contributed by atoms with Crippen molar-refractivity contribution in [3.63, 3.8) is 0 Å². The van der Waals surface area contributed by atoms with Crippen molar-refractivity contribution < 1.29 is 147 Å². The van der Waals surface area contributed by atoms with Gasteiger partial charge in [0.2, 0.25) is 5.91 Å². The van der Waals surface area contributed by atoms with Gasteiger partial charge in [0.15, 0.2) is 5.78 Å². The van der Waals surface area contributed by atoms with E-state index in [1.54, 1.807) is 38.2 Å². The zero-order chi connectivity index (χ0) is 27.3. The first-order chi connectivity index (χ1) is 17.8. The third-order valence-electron chi connectivity index (χ3n) is 5.18. The van der Waals surface area contributed by atoms with Gasteiger partial charge < -0.3 is 40.4 Å². The molecule has 0 radical (unpaired) electrons. The molecule has 0 spiro atoms. The molecule has 0 atom stereocenters. The second kappa shape index (κ2) is 26.9. The van der Waals surface area contributed by atoms with Gasteiger partial charge in [0.25, 0.3) is 0 Å². The molecule has 12 heteroatoms. The fraction of sp³-hybridized carbons (Fsp3) is 0.519. The van der Waals surface area contributed by atoms with Crippen molar-refractivity contribution in [2.24, 2.45) is 0 Å². The summed E-state index contributed by atoms with van der Waals surface area (Å²) in [6.07, 6.45) is 6.32. The first kappa shape index (κ1) is 41.2. The molecule has 0 saturated heterocycles. The summed E-state index contributed by atoms with van der Waals surface area (Å²) >= 11 is 0. The Kier molecular flexibility index (Phi) is 28.5. The van der Waals surface area contributed by atoms with Gasteiger partial charge in [-0.2, -0.15) is 0 Å². The molecule has 1 aromatic rings. The number of amides is 3. The molecule has 39 heavy (non-hydrogen) atoms. The zero-order valence-corrected chi connectivity index (χ0v) is 33.6. The molecule has 0 aliphatic rings. The monoisotopic (exact) mass is 686 g/mol. The smallest absolute Gasteiger partial charge is 0.651 e. The molecule has 0 aliphatic carbocycles. The maximum Gasteiger partial charge on any atom is 1.00 e. The number of carbonyl (C=O) groups is 5. The van der Waals surface area contributed by atoms with Gasteiger partial charge in [-0.3, -0.25) is 9.59 Å². The summed E-state index contributed by atoms with van der Waals surface area (Å²) in [6.45, 7) is 3.13. The van der Waals surface area contributed by atoms with Crippen LogP contribution >= 0.6 is 0 Å². The second-order valence-electron chi connectivity index (χ2n) is 8.43. The maximum absolute atomic E-state index is 12.0. The standard InChI is InChI=1S/C27H40N4O6.2Rb.H2/c1-21(28-2)18-24(33)19-22-9-11-23(12-10-22)31-27(36)20-26(35)30-14-17-37-16-7-8-25(34)29-13-5-3-4-6-15-32;;;/h9-12,15,18H,3-8,13-14,16-17,19-20H2,1-2H3,(H4,28,29,30,31,33,34,35,36);;;1H/q;2*+1;/p-2. The molecule has 0 aliphatic heterocycles. The minimum atomic E-state index is -0.596. The van der Waals surface area contributed by atoms with E-state index in [9.17, 15) is 24.0 Å². The predicted octanol–water partition coefficient (Wildman–Crippen LogP) is -2.33. The fourth-order valence-corrected chi connectivity index (χ4v) is 3.14. The van der Waals surface area contributed by atoms with Crippen molar-refractivity contribution in [3.05, 3.63) is 52.2 Å². The average Bonchev–Trinajstić information content (AvgIpc) is 2.86. The molecule has 1 aromatic carbocycles. The minimum absolute atomic E-state index is 0. The summed E-state index contributed by atoms with van der Waals surface area (Å²) in [5, 5.41) is 13.4. The van der Waals surface area contributed by atoms with E-state index < -0.39 is 18.2 Å². The Hall–Kier alpha value is 0.0804. The summed E-state index contributed by atoms with van der Waals surface area (Å²) < 4.78 is 5.37. The Labute approximate surface area is 331 Å². The van der Waals surface area contributed by atoms with Crippen LogP contribution in [0.4, 0.5) is 5.69 Å². The molecule has 0 heterocycles. The van der Waals surface area contributed by atoms with Crippen LogP contribution in [-0.4, -0.2) is 63.1 Å². The average molecular weight is 688 g/mol. The molecule has 2 N–H and O–H groups in total. The van der Waals surface area contributed by atoms with Crippen molar-refractivity contribution in [1.82, 2.24) is 10.6 Å². The molecule has 1 rings (SSSR count). The summed E-state index contributed by atoms with van der Waals surface area (Å²) in [5.74, 6) is -1.25. The quantitative estimate of drug-likeness (QED) is 0.0677. The maximum atomic E-state index is 12.0. The van der Waals surface area contributed by atoms with E-state index in [4.69, 9.17) is 4.74 Å². The van der Waals surface area contributed by atoms with Crippen LogP contribution in [-0.2, 0) is 35.1 Å². The molecule has 0 fully saturated rings. The largest absolute Gasteiger partial charge is 1.00 e. The molecule has 0 aromatic heterocycles. The van der Waals surface area contributed by atoms with Crippen LogP contribution < -0.4 is 127 Å². The summed E-state index contributed by atoms with van der Waals surface area (Å²) in [4.78, 5) is 57.8. The number of aldehydes is 1. The Morgan fingerprint density at radius 1 is 0.974 bits per heavy atom. The molecule has 0 unspecified atom stereocenters. The minimum Gasteiger partial charge on any atom is -0.651 e. The van der Waals surface area contributed by atoms with E-state index in [0.717, 1.165) is 36.8 Å². The van der Waals surface area contributed by atoms with Gasteiger partial charge in [0.05, 0.1) is 11.8 Å². The zero-order valence-electron chi connectivity index (χ0n) is 23.8. The van der Waals surface area contributed by atoms with Gasteiger partial charge in [0.1, 0.15) is 6.29 Å². The Balaban J connectivity index is -0.00000456. The number of ether oxygens (including phenoxy) is 1. The Morgan fingerprint density at radius 3 is 2.36 bits per heavy atom. The number of nitrogens with zero attached hydrogens (tertiary/aromatic N) is 2. The summed E-state index contributed by atoms with van der Waals surface area (Å²) in [7, 11) is 1.74. The van der Waals surface area contributed by atoms with Gasteiger partial charge in [0, 0.05) is 65.7 Å². The number of nitrogens with one attached hydrogen (secondary N) is 2. The molecule has 10 nitrogen and oxygen atoms in total. The van der Waals surface area contributed by atoms with E-state index >= 15 is 0 Å². The summed E-state index contributed by atoms with van der Waals surface area (Å²) in [5.41, 5.74) is 1.98. The first-order valence-corrected chi connectivity index (χ1v) is 12.5. The van der Waals surface area contributed by atoms with Crippen molar-refractivity contribution in [2.75, 3.05) is 33.4 Å². The van der Waals surface area contributed by atoms with E-state index in [1.165, 1.54) is 6.08 Å². The normalized spacial score (nSPS) is 10.4. The second-order valence-corrected chi connectivity index (χ2v) is 8.43. The molecule has 3 amide bonds. The van der Waals surface area contributed by atoms with Crippen molar-refractivity contribution in [3.8, 4) is 0 Å². The fourth-order valence-electron chi connectivity index (χ4n) is 3.14. The number of hydrogen-bond acceptors (Lipinski definition) is 7. The summed E-state index contributed by atoms with van der Waals surface area (Å²) in [6, 6.07) is 6.69. The third-order valence-corrected chi connectivity index (χ3v) is 5.18.